The lowest BCUT2D eigenvalue weighted by molar-refractivity contribution is -0.915. The summed E-state index contributed by atoms with van der Waals surface area (Å²) in [5.74, 6) is 0.629. The molecule has 3 nitrogen and oxygen atoms in total. The van der Waals surface area contributed by atoms with E-state index in [1.807, 2.05) is 6.07 Å². The first kappa shape index (κ1) is 25.9. The summed E-state index contributed by atoms with van der Waals surface area (Å²) in [5.41, 5.74) is -0.445. The molecule has 1 fully saturated rings. The molecule has 3 aromatic rings. The second kappa shape index (κ2) is 11.2. The third-order valence-corrected chi connectivity index (χ3v) is 7.78. The van der Waals surface area contributed by atoms with E-state index in [4.69, 9.17) is 9.15 Å². The van der Waals surface area contributed by atoms with Gasteiger partial charge in [-0.15, -0.1) is 0 Å². The molecule has 0 saturated heterocycles. The fraction of sp³-hybridized carbons (Fsp3) is 0.586. The van der Waals surface area contributed by atoms with Gasteiger partial charge < -0.3 is 13.6 Å². The van der Waals surface area contributed by atoms with Crippen molar-refractivity contribution in [2.24, 2.45) is 0 Å². The maximum Gasteiger partial charge on any atom is 0.420 e. The van der Waals surface area contributed by atoms with E-state index < -0.39 is 11.7 Å². The zero-order valence-electron chi connectivity index (χ0n) is 21.1. The number of rotatable bonds is 5. The molecule has 6 heteroatoms. The molecule has 0 atom stereocenters. The highest BCUT2D eigenvalue weighted by molar-refractivity contribution is 6.06. The number of hydrogen-bond acceptors (Lipinski definition) is 2. The van der Waals surface area contributed by atoms with Crippen LogP contribution in [0, 0.1) is 0 Å². The van der Waals surface area contributed by atoms with Crippen molar-refractivity contribution in [3.8, 4) is 5.75 Å². The Hall–Kier alpha value is -2.21. The molecule has 0 bridgehead atoms. The summed E-state index contributed by atoms with van der Waals surface area (Å²) in [4.78, 5) is 0. The molecular weight excluding hydrogens is 451 g/mol. The van der Waals surface area contributed by atoms with Crippen LogP contribution in [-0.4, -0.2) is 37.8 Å². The van der Waals surface area contributed by atoms with E-state index >= 15 is 0 Å². The van der Waals surface area contributed by atoms with Gasteiger partial charge in [-0.3, -0.25) is 0 Å². The Kier molecular flexibility index (Phi) is 8.31. The SMILES string of the molecule is C[N+](C)(CCOc1ccc2c(c1)oc1c(C(F)(F)F)cccc12)C1CCCCCCCCCCC1. The van der Waals surface area contributed by atoms with Gasteiger partial charge in [0.1, 0.15) is 30.1 Å². The molecule has 0 N–H and O–H groups in total. The van der Waals surface area contributed by atoms with Crippen LogP contribution in [0.25, 0.3) is 21.9 Å². The molecule has 1 aromatic heterocycles. The van der Waals surface area contributed by atoms with Crippen LogP contribution in [0.1, 0.15) is 76.2 Å². The normalized spacial score (nSPS) is 17.9. The molecule has 0 radical (unpaired) electrons. The summed E-state index contributed by atoms with van der Waals surface area (Å²) in [6.45, 7) is 1.45. The van der Waals surface area contributed by atoms with Crippen LogP contribution in [0.3, 0.4) is 0 Å². The summed E-state index contributed by atoms with van der Waals surface area (Å²) >= 11 is 0. The molecule has 1 aliphatic carbocycles. The van der Waals surface area contributed by atoms with Gasteiger partial charge in [-0.05, 0) is 43.9 Å². The van der Waals surface area contributed by atoms with Crippen molar-refractivity contribution >= 4 is 21.9 Å². The topological polar surface area (TPSA) is 22.4 Å². The van der Waals surface area contributed by atoms with Gasteiger partial charge in [0, 0.05) is 16.8 Å². The predicted octanol–water partition coefficient (Wildman–Crippen LogP) is 8.73. The minimum Gasteiger partial charge on any atom is -0.488 e. The largest absolute Gasteiger partial charge is 0.488 e. The number of benzene rings is 2. The first-order valence-corrected chi connectivity index (χ1v) is 13.2. The molecule has 0 amide bonds. The Balaban J connectivity index is 1.41. The second-order valence-electron chi connectivity index (χ2n) is 10.7. The van der Waals surface area contributed by atoms with Gasteiger partial charge in [-0.25, -0.2) is 0 Å². The Labute approximate surface area is 206 Å². The maximum atomic E-state index is 13.4. The molecular formula is C29H39F3NO2+. The maximum absolute atomic E-state index is 13.4. The van der Waals surface area contributed by atoms with Crippen molar-refractivity contribution in [3.63, 3.8) is 0 Å². The lowest BCUT2D eigenvalue weighted by Crippen LogP contribution is -2.51. The monoisotopic (exact) mass is 490 g/mol. The standard InChI is InChI=1S/C29H39F3NO2/c1-33(2,22-13-10-8-6-4-3-5-7-9-11-14-22)19-20-34-23-17-18-24-25-15-12-16-26(29(30,31)32)28(25)35-27(24)21-23/h12,15-18,21-22H,3-11,13-14,19-20H2,1-2H3/q+1. The van der Waals surface area contributed by atoms with Crippen LogP contribution in [0.4, 0.5) is 13.2 Å². The number of furan rings is 1. The highest BCUT2D eigenvalue weighted by Crippen LogP contribution is 2.39. The summed E-state index contributed by atoms with van der Waals surface area (Å²) in [5, 5.41) is 1.14. The van der Waals surface area contributed by atoms with Crippen LogP contribution in [0.2, 0.25) is 0 Å². The number of fused-ring (bicyclic) bond motifs is 3. The van der Waals surface area contributed by atoms with E-state index in [1.165, 1.54) is 76.7 Å². The highest BCUT2D eigenvalue weighted by Gasteiger charge is 2.34. The second-order valence-corrected chi connectivity index (χ2v) is 10.7. The van der Waals surface area contributed by atoms with E-state index in [2.05, 4.69) is 14.1 Å². The molecule has 1 heterocycles. The van der Waals surface area contributed by atoms with Gasteiger partial charge in [-0.2, -0.15) is 13.2 Å². The fourth-order valence-corrected chi connectivity index (χ4v) is 5.51. The van der Waals surface area contributed by atoms with Crippen molar-refractivity contribution in [2.75, 3.05) is 27.2 Å². The quantitative estimate of drug-likeness (QED) is 0.334. The third kappa shape index (κ3) is 6.52. The van der Waals surface area contributed by atoms with Crippen LogP contribution in [0.5, 0.6) is 5.75 Å². The van der Waals surface area contributed by atoms with E-state index in [9.17, 15) is 13.2 Å². The van der Waals surface area contributed by atoms with Crippen LogP contribution in [-0.2, 0) is 6.18 Å². The number of nitrogens with zero attached hydrogens (tertiary/aromatic N) is 1. The number of para-hydroxylation sites is 1. The van der Waals surface area contributed by atoms with E-state index in [0.717, 1.165) is 17.1 Å². The first-order chi connectivity index (χ1) is 16.8. The van der Waals surface area contributed by atoms with Gasteiger partial charge in [0.25, 0.3) is 0 Å². The first-order valence-electron chi connectivity index (χ1n) is 13.2. The highest BCUT2D eigenvalue weighted by atomic mass is 19.4. The number of alkyl halides is 3. The summed E-state index contributed by atoms with van der Waals surface area (Å²) < 4.78 is 52.9. The lowest BCUT2D eigenvalue weighted by Gasteiger charge is -2.38. The fourth-order valence-electron chi connectivity index (χ4n) is 5.51. The molecule has 4 rings (SSSR count). The molecule has 0 unspecified atom stereocenters. The molecule has 35 heavy (non-hydrogen) atoms. The number of halogens is 3. The summed E-state index contributed by atoms with van der Waals surface area (Å²) in [6, 6.07) is 10.1. The van der Waals surface area contributed by atoms with E-state index in [-0.39, 0.29) is 5.58 Å². The number of likely N-dealkylation sites (N-methyl/N-ethyl adjacent to an activating group) is 1. The minimum atomic E-state index is -4.45. The molecule has 0 spiro atoms. The van der Waals surface area contributed by atoms with Crippen molar-refractivity contribution in [3.05, 3.63) is 42.0 Å². The van der Waals surface area contributed by atoms with Gasteiger partial charge >= 0.3 is 6.18 Å². The number of hydrogen-bond donors (Lipinski definition) is 0. The van der Waals surface area contributed by atoms with Gasteiger partial charge in [0.2, 0.25) is 0 Å². The van der Waals surface area contributed by atoms with Crippen molar-refractivity contribution in [2.45, 2.75) is 82.8 Å². The van der Waals surface area contributed by atoms with E-state index in [1.54, 1.807) is 18.2 Å². The Morgan fingerprint density at radius 3 is 2.11 bits per heavy atom. The Morgan fingerprint density at radius 2 is 1.49 bits per heavy atom. The average Bonchev–Trinajstić information content (AvgIpc) is 3.16. The van der Waals surface area contributed by atoms with Crippen LogP contribution < -0.4 is 4.74 Å². The van der Waals surface area contributed by atoms with Gasteiger partial charge in [0.15, 0.2) is 0 Å². The third-order valence-electron chi connectivity index (χ3n) is 7.78. The van der Waals surface area contributed by atoms with Crippen LogP contribution in [0.15, 0.2) is 40.8 Å². The Morgan fingerprint density at radius 1 is 0.857 bits per heavy atom. The molecule has 192 valence electrons. The summed E-state index contributed by atoms with van der Waals surface area (Å²) in [7, 11) is 4.61. The Bertz CT molecular complexity index is 1090. The summed E-state index contributed by atoms with van der Waals surface area (Å²) in [6.07, 6.45) is 10.2. The van der Waals surface area contributed by atoms with Crippen molar-refractivity contribution < 1.29 is 26.8 Å². The van der Waals surface area contributed by atoms with Crippen molar-refractivity contribution in [1.82, 2.24) is 0 Å². The molecule has 1 saturated carbocycles. The van der Waals surface area contributed by atoms with Crippen molar-refractivity contribution in [1.29, 1.82) is 0 Å². The predicted molar refractivity (Wildman–Crippen MR) is 136 cm³/mol. The van der Waals surface area contributed by atoms with Gasteiger partial charge in [0.05, 0.1) is 25.7 Å². The van der Waals surface area contributed by atoms with Gasteiger partial charge in [-0.1, -0.05) is 57.1 Å². The zero-order valence-corrected chi connectivity index (χ0v) is 21.1. The van der Waals surface area contributed by atoms with Crippen LogP contribution >= 0.6 is 0 Å². The average molecular weight is 491 g/mol. The molecule has 2 aromatic carbocycles. The smallest absolute Gasteiger partial charge is 0.420 e. The van der Waals surface area contributed by atoms with E-state index in [0.29, 0.717) is 34.8 Å². The lowest BCUT2D eigenvalue weighted by atomic mass is 9.96. The minimum absolute atomic E-state index is 0.118. The number of quaternary nitrogens is 1. The molecule has 0 aliphatic heterocycles. The number of ether oxygens (including phenoxy) is 1. The molecule has 1 aliphatic rings. The zero-order chi connectivity index (χ0) is 24.9.